The van der Waals surface area contributed by atoms with Crippen LogP contribution < -0.4 is 4.90 Å². The van der Waals surface area contributed by atoms with Gasteiger partial charge >= 0.3 is 0 Å². The number of H-pyrrole nitrogens is 1. The molecule has 7 nitrogen and oxygen atoms in total. The van der Waals surface area contributed by atoms with Crippen LogP contribution in [0, 0.1) is 0 Å². The highest BCUT2D eigenvalue weighted by atomic mass is 35.5. The van der Waals surface area contributed by atoms with E-state index in [9.17, 15) is 19.5 Å². The molecule has 1 amide bonds. The lowest BCUT2D eigenvalue weighted by atomic mass is 9.95. The van der Waals surface area contributed by atoms with Crippen molar-refractivity contribution in [2.45, 2.75) is 25.7 Å². The highest BCUT2D eigenvalue weighted by Gasteiger charge is 2.35. The largest absolute Gasteiger partial charge is 0.507 e. The zero-order valence-corrected chi connectivity index (χ0v) is 23.0. The van der Waals surface area contributed by atoms with E-state index in [-0.39, 0.29) is 35.6 Å². The van der Waals surface area contributed by atoms with Gasteiger partial charge in [-0.25, -0.2) is 0 Å². The van der Waals surface area contributed by atoms with E-state index in [1.165, 1.54) is 6.92 Å². The lowest BCUT2D eigenvalue weighted by molar-refractivity contribution is -0.116. The molecule has 5 aromatic rings. The van der Waals surface area contributed by atoms with Gasteiger partial charge in [-0.05, 0) is 53.3 Å². The Labute approximate surface area is 236 Å². The topological polar surface area (TPSA) is 95.4 Å². The summed E-state index contributed by atoms with van der Waals surface area (Å²) in [5.41, 5.74) is 5.06. The van der Waals surface area contributed by atoms with Crippen LogP contribution >= 0.6 is 11.6 Å². The molecule has 2 N–H and O–H groups in total. The molecule has 0 saturated heterocycles. The molecule has 0 bridgehead atoms. The van der Waals surface area contributed by atoms with Crippen molar-refractivity contribution in [3.63, 3.8) is 0 Å². The Morgan fingerprint density at radius 3 is 2.52 bits per heavy atom. The van der Waals surface area contributed by atoms with E-state index in [2.05, 4.69) is 4.98 Å². The molecule has 1 atom stereocenters. The maximum Gasteiger partial charge on any atom is 0.274 e. The SMILES string of the molecule is CC(=O)Cc1cc(C(=O)Cc2ccc3[nH]c(C(=O)N4CC(CCl)c5c4cc(O)c4ccccc54)cc3c2)n(C)c1. The van der Waals surface area contributed by atoms with Crippen LogP contribution in [-0.2, 0) is 24.7 Å². The first-order chi connectivity index (χ1) is 19.2. The van der Waals surface area contributed by atoms with E-state index in [0.717, 1.165) is 38.4 Å². The number of aryl methyl sites for hydroxylation is 1. The number of Topliss-reactive ketones (excluding diaryl/α,β-unsaturated/α-hetero) is 2. The molecule has 0 fully saturated rings. The molecule has 0 radical (unpaired) electrons. The number of anilines is 1. The number of aromatic amines is 1. The molecule has 2 aromatic heterocycles. The van der Waals surface area contributed by atoms with Gasteiger partial charge < -0.3 is 19.6 Å². The van der Waals surface area contributed by atoms with Crippen molar-refractivity contribution in [2.75, 3.05) is 17.3 Å². The van der Waals surface area contributed by atoms with Crippen LogP contribution in [-0.4, -0.2) is 44.6 Å². The van der Waals surface area contributed by atoms with E-state index in [1.54, 1.807) is 34.7 Å². The number of aromatic hydroxyl groups is 1. The first-order valence-corrected chi connectivity index (χ1v) is 13.7. The van der Waals surface area contributed by atoms with Crippen LogP contribution in [0.15, 0.2) is 66.9 Å². The number of ketones is 2. The predicted molar refractivity (Wildman–Crippen MR) is 157 cm³/mol. The molecule has 1 unspecified atom stereocenters. The number of benzene rings is 3. The van der Waals surface area contributed by atoms with Gasteiger partial charge in [0.15, 0.2) is 5.78 Å². The number of aromatic nitrogens is 2. The third-order valence-electron chi connectivity index (χ3n) is 7.66. The Kier molecular flexibility index (Phi) is 6.47. The van der Waals surface area contributed by atoms with E-state index >= 15 is 0 Å². The number of fused-ring (bicyclic) bond motifs is 4. The Morgan fingerprint density at radius 2 is 1.77 bits per heavy atom. The molecule has 40 heavy (non-hydrogen) atoms. The average Bonchev–Trinajstić information content (AvgIpc) is 3.62. The standard InChI is InChI=1S/C32H28ClN3O4/c1-18(37)9-20-11-27(35(2)16-20)30(39)12-19-7-8-25-21(10-19)13-26(34-25)32(40)36-17-22(15-33)31-24-6-4-3-5-23(24)29(38)14-28(31)36/h3-8,10-11,13-14,16,22,34,38H,9,12,15,17H2,1-2H3. The summed E-state index contributed by atoms with van der Waals surface area (Å²) in [5, 5.41) is 13.2. The Morgan fingerprint density at radius 1 is 1.00 bits per heavy atom. The zero-order chi connectivity index (χ0) is 28.1. The van der Waals surface area contributed by atoms with Crippen molar-refractivity contribution in [2.24, 2.45) is 7.05 Å². The van der Waals surface area contributed by atoms with E-state index in [0.29, 0.717) is 35.9 Å². The lowest BCUT2D eigenvalue weighted by Gasteiger charge is -2.17. The minimum absolute atomic E-state index is 0.0451. The van der Waals surface area contributed by atoms with Gasteiger partial charge in [-0.1, -0.05) is 30.3 Å². The fourth-order valence-electron chi connectivity index (χ4n) is 5.87. The summed E-state index contributed by atoms with van der Waals surface area (Å²) in [7, 11) is 1.80. The summed E-state index contributed by atoms with van der Waals surface area (Å²) in [6.07, 6.45) is 2.32. The second-order valence-electron chi connectivity index (χ2n) is 10.6. The van der Waals surface area contributed by atoms with Gasteiger partial charge in [0.25, 0.3) is 5.91 Å². The summed E-state index contributed by atoms with van der Waals surface area (Å²) in [6.45, 7) is 1.95. The van der Waals surface area contributed by atoms with Crippen LogP contribution in [0.2, 0.25) is 0 Å². The van der Waals surface area contributed by atoms with Gasteiger partial charge in [0.1, 0.15) is 17.2 Å². The average molecular weight is 554 g/mol. The lowest BCUT2D eigenvalue weighted by Crippen LogP contribution is -2.30. The molecule has 6 rings (SSSR count). The Balaban J connectivity index is 1.28. The van der Waals surface area contributed by atoms with Crippen LogP contribution in [0.5, 0.6) is 5.75 Å². The van der Waals surface area contributed by atoms with Crippen molar-refractivity contribution >= 4 is 56.4 Å². The van der Waals surface area contributed by atoms with Gasteiger partial charge in [-0.15, -0.1) is 11.6 Å². The Bertz CT molecular complexity index is 1830. The fourth-order valence-corrected chi connectivity index (χ4v) is 6.12. The van der Waals surface area contributed by atoms with Crippen LogP contribution in [0.25, 0.3) is 21.7 Å². The van der Waals surface area contributed by atoms with Crippen molar-refractivity contribution in [1.29, 1.82) is 0 Å². The molecule has 1 aliphatic heterocycles. The van der Waals surface area contributed by atoms with Crippen LogP contribution in [0.4, 0.5) is 5.69 Å². The molecule has 1 aliphatic rings. The zero-order valence-electron chi connectivity index (χ0n) is 22.2. The van der Waals surface area contributed by atoms with E-state index < -0.39 is 0 Å². The second kappa shape index (κ2) is 9.99. The van der Waals surface area contributed by atoms with Crippen molar-refractivity contribution < 1.29 is 19.5 Å². The number of alkyl halides is 1. The van der Waals surface area contributed by atoms with Crippen LogP contribution in [0.1, 0.15) is 50.5 Å². The van der Waals surface area contributed by atoms with Crippen LogP contribution in [0.3, 0.4) is 0 Å². The summed E-state index contributed by atoms with van der Waals surface area (Å²) >= 11 is 6.34. The number of halogens is 1. The Hall–Kier alpha value is -4.36. The molecular formula is C32H28ClN3O4. The van der Waals surface area contributed by atoms with Crippen molar-refractivity contribution in [1.82, 2.24) is 9.55 Å². The van der Waals surface area contributed by atoms with Gasteiger partial charge in [0.05, 0.1) is 11.4 Å². The molecule has 0 saturated carbocycles. The highest BCUT2D eigenvalue weighted by molar-refractivity contribution is 6.19. The number of carbonyl (C=O) groups is 3. The number of hydrogen-bond donors (Lipinski definition) is 2. The minimum Gasteiger partial charge on any atom is -0.507 e. The van der Waals surface area contributed by atoms with E-state index in [4.69, 9.17) is 11.6 Å². The van der Waals surface area contributed by atoms with Crippen molar-refractivity contribution in [3.05, 3.63) is 94.9 Å². The molecule has 3 aromatic carbocycles. The number of hydrogen-bond acceptors (Lipinski definition) is 4. The van der Waals surface area contributed by atoms with Gasteiger partial charge in [-0.3, -0.25) is 14.4 Å². The number of rotatable bonds is 7. The normalized spacial score (nSPS) is 14.7. The highest BCUT2D eigenvalue weighted by Crippen LogP contribution is 2.45. The monoisotopic (exact) mass is 553 g/mol. The summed E-state index contributed by atoms with van der Waals surface area (Å²) < 4.78 is 1.76. The summed E-state index contributed by atoms with van der Waals surface area (Å²) in [6, 6.07) is 18.5. The number of carbonyl (C=O) groups excluding carboxylic acids is 3. The molecular weight excluding hydrogens is 526 g/mol. The number of amides is 1. The molecule has 0 aliphatic carbocycles. The van der Waals surface area contributed by atoms with Crippen molar-refractivity contribution in [3.8, 4) is 5.75 Å². The number of phenols is 1. The fraction of sp³-hybridized carbons (Fsp3) is 0.219. The first-order valence-electron chi connectivity index (χ1n) is 13.2. The number of nitrogens with zero attached hydrogens (tertiary/aromatic N) is 2. The molecule has 8 heteroatoms. The van der Waals surface area contributed by atoms with E-state index in [1.807, 2.05) is 48.7 Å². The predicted octanol–water partition coefficient (Wildman–Crippen LogP) is 5.90. The molecule has 3 heterocycles. The second-order valence-corrected chi connectivity index (χ2v) is 10.9. The van der Waals surface area contributed by atoms with Gasteiger partial charge in [0, 0.05) is 66.8 Å². The quantitative estimate of drug-likeness (QED) is 0.194. The van der Waals surface area contributed by atoms with Gasteiger partial charge in [0.2, 0.25) is 0 Å². The maximum absolute atomic E-state index is 13.7. The summed E-state index contributed by atoms with van der Waals surface area (Å²) in [4.78, 5) is 43.2. The third-order valence-corrected chi connectivity index (χ3v) is 8.03. The smallest absolute Gasteiger partial charge is 0.274 e. The number of phenolic OH excluding ortho intramolecular Hbond substituents is 1. The number of nitrogens with one attached hydrogen (secondary N) is 1. The minimum atomic E-state index is -0.209. The van der Waals surface area contributed by atoms with Gasteiger partial charge in [-0.2, -0.15) is 0 Å². The maximum atomic E-state index is 13.7. The molecule has 202 valence electrons. The molecule has 0 spiro atoms. The summed E-state index contributed by atoms with van der Waals surface area (Å²) in [5.74, 6) is 0.221. The first kappa shape index (κ1) is 25.9. The third kappa shape index (κ3) is 4.46.